The van der Waals surface area contributed by atoms with Crippen molar-refractivity contribution in [3.05, 3.63) is 0 Å². The molecule has 0 saturated heterocycles. The average Bonchev–Trinajstić information content (AvgIpc) is 2.94. The largest absolute Gasteiger partial charge is 0.340 e. The van der Waals surface area contributed by atoms with Crippen LogP contribution in [-0.2, 0) is 4.79 Å². The minimum Gasteiger partial charge on any atom is -0.340 e. The second-order valence-corrected chi connectivity index (χ2v) is 7.53. The van der Waals surface area contributed by atoms with Gasteiger partial charge in [-0.2, -0.15) is 5.26 Å². The first kappa shape index (κ1) is 12.7. The molecule has 4 saturated carbocycles. The van der Waals surface area contributed by atoms with Crippen molar-refractivity contribution in [2.75, 3.05) is 0 Å². The van der Waals surface area contributed by atoms with Crippen LogP contribution >= 0.6 is 0 Å². The Labute approximate surface area is 121 Å². The molecule has 0 aromatic rings. The first-order chi connectivity index (χ1) is 9.79. The van der Waals surface area contributed by atoms with Crippen LogP contribution in [0.2, 0.25) is 0 Å². The van der Waals surface area contributed by atoms with Crippen LogP contribution in [0.5, 0.6) is 0 Å². The van der Waals surface area contributed by atoms with E-state index in [0.717, 1.165) is 24.7 Å². The molecular formula is C17H24N2O. The van der Waals surface area contributed by atoms with E-state index >= 15 is 0 Å². The summed E-state index contributed by atoms with van der Waals surface area (Å²) in [7, 11) is 0. The van der Waals surface area contributed by atoms with Crippen molar-refractivity contribution in [2.24, 2.45) is 35.5 Å². The molecule has 0 heterocycles. The Balaban J connectivity index is 1.37. The zero-order chi connectivity index (χ0) is 13.7. The summed E-state index contributed by atoms with van der Waals surface area (Å²) in [6, 6.07) is 2.12. The summed E-state index contributed by atoms with van der Waals surface area (Å²) in [5.41, 5.74) is 0. The Kier molecular flexibility index (Phi) is 3.02. The van der Waals surface area contributed by atoms with Crippen LogP contribution in [-0.4, -0.2) is 11.9 Å². The molecule has 5 atom stereocenters. The molecule has 3 nitrogen and oxygen atoms in total. The number of amides is 1. The minimum absolute atomic E-state index is 0.203. The number of fused-ring (bicyclic) bond motifs is 5. The Hall–Kier alpha value is -1.04. The third kappa shape index (κ3) is 1.88. The van der Waals surface area contributed by atoms with Crippen molar-refractivity contribution >= 4 is 5.91 Å². The van der Waals surface area contributed by atoms with Crippen LogP contribution in [0.25, 0.3) is 0 Å². The first-order valence-corrected chi connectivity index (χ1v) is 8.49. The fourth-order valence-electron chi connectivity index (χ4n) is 5.65. The molecule has 4 aliphatic rings. The number of carbonyl (C=O) groups excluding carboxylic acids is 1. The van der Waals surface area contributed by atoms with Gasteiger partial charge in [-0.25, -0.2) is 0 Å². The number of hydrogen-bond donors (Lipinski definition) is 1. The van der Waals surface area contributed by atoms with Crippen molar-refractivity contribution < 1.29 is 4.79 Å². The van der Waals surface area contributed by atoms with E-state index in [-0.39, 0.29) is 17.9 Å². The summed E-state index contributed by atoms with van der Waals surface area (Å²) < 4.78 is 0. The van der Waals surface area contributed by atoms with E-state index in [2.05, 4.69) is 11.4 Å². The molecule has 0 radical (unpaired) electrons. The molecule has 4 rings (SSSR count). The van der Waals surface area contributed by atoms with Crippen molar-refractivity contribution in [3.8, 4) is 6.07 Å². The molecule has 0 spiro atoms. The van der Waals surface area contributed by atoms with Gasteiger partial charge in [0.1, 0.15) is 6.04 Å². The molecule has 5 unspecified atom stereocenters. The van der Waals surface area contributed by atoms with E-state index in [1.165, 1.54) is 38.5 Å². The molecular weight excluding hydrogens is 248 g/mol. The van der Waals surface area contributed by atoms with E-state index in [9.17, 15) is 10.1 Å². The maximum Gasteiger partial charge on any atom is 0.224 e. The normalized spacial score (nSPS) is 43.6. The molecule has 108 valence electrons. The smallest absolute Gasteiger partial charge is 0.224 e. The lowest BCUT2D eigenvalue weighted by Gasteiger charge is -2.26. The van der Waals surface area contributed by atoms with Gasteiger partial charge in [-0.1, -0.05) is 19.3 Å². The summed E-state index contributed by atoms with van der Waals surface area (Å²) in [6.45, 7) is 0. The van der Waals surface area contributed by atoms with E-state index in [0.29, 0.717) is 17.8 Å². The van der Waals surface area contributed by atoms with Crippen LogP contribution in [0.4, 0.5) is 0 Å². The van der Waals surface area contributed by atoms with Crippen LogP contribution < -0.4 is 5.32 Å². The van der Waals surface area contributed by atoms with E-state index in [1.54, 1.807) is 0 Å². The zero-order valence-corrected chi connectivity index (χ0v) is 12.1. The van der Waals surface area contributed by atoms with Crippen LogP contribution in [0.1, 0.15) is 51.4 Å². The van der Waals surface area contributed by atoms with Crippen LogP contribution in [0, 0.1) is 46.8 Å². The summed E-state index contributed by atoms with van der Waals surface area (Å²) >= 11 is 0. The number of nitrogens with zero attached hydrogens (tertiary/aromatic N) is 1. The summed E-state index contributed by atoms with van der Waals surface area (Å²) in [5, 5.41) is 12.5. The van der Waals surface area contributed by atoms with E-state index in [1.807, 2.05) is 0 Å². The van der Waals surface area contributed by atoms with Gasteiger partial charge < -0.3 is 5.32 Å². The Morgan fingerprint density at radius 3 is 2.30 bits per heavy atom. The van der Waals surface area contributed by atoms with Gasteiger partial charge in [0, 0.05) is 5.92 Å². The van der Waals surface area contributed by atoms with E-state index in [4.69, 9.17) is 0 Å². The molecule has 1 amide bonds. The molecule has 1 N–H and O–H groups in total. The highest BCUT2D eigenvalue weighted by Crippen LogP contribution is 2.69. The number of rotatable bonds is 3. The maximum absolute atomic E-state index is 12.5. The highest BCUT2D eigenvalue weighted by Gasteiger charge is 2.67. The van der Waals surface area contributed by atoms with Gasteiger partial charge in [-0.05, 0) is 61.7 Å². The number of hydrogen-bond acceptors (Lipinski definition) is 2. The lowest BCUT2D eigenvalue weighted by Crippen LogP contribution is -2.41. The molecule has 3 heteroatoms. The summed E-state index contributed by atoms with van der Waals surface area (Å²) in [4.78, 5) is 12.5. The molecule has 2 bridgehead atoms. The van der Waals surface area contributed by atoms with Crippen LogP contribution in [0.3, 0.4) is 0 Å². The standard InChI is InChI=1S/C17H24N2O/c18-9-13(10-4-2-1-3-5-10)19-17(20)16-14-11-6-7-12(8-11)15(14)16/h10-16H,1-8H2,(H,19,20). The predicted octanol–water partition coefficient (Wildman–Crippen LogP) is 2.87. The van der Waals surface area contributed by atoms with Gasteiger partial charge in [-0.15, -0.1) is 0 Å². The van der Waals surface area contributed by atoms with Crippen molar-refractivity contribution in [1.82, 2.24) is 5.32 Å². The number of carbonyl (C=O) groups is 1. The first-order valence-electron chi connectivity index (χ1n) is 8.49. The molecule has 4 fully saturated rings. The highest BCUT2D eigenvalue weighted by atomic mass is 16.2. The van der Waals surface area contributed by atoms with Crippen molar-refractivity contribution in [2.45, 2.75) is 57.4 Å². The topological polar surface area (TPSA) is 52.9 Å². The van der Waals surface area contributed by atoms with Crippen molar-refractivity contribution in [1.29, 1.82) is 5.26 Å². The lowest BCUT2D eigenvalue weighted by molar-refractivity contribution is -0.124. The quantitative estimate of drug-likeness (QED) is 0.859. The maximum atomic E-state index is 12.5. The summed E-state index contributed by atoms with van der Waals surface area (Å²) in [5.74, 6) is 3.88. The van der Waals surface area contributed by atoms with Gasteiger partial charge >= 0.3 is 0 Å². The van der Waals surface area contributed by atoms with Crippen LogP contribution in [0.15, 0.2) is 0 Å². The molecule has 0 aromatic carbocycles. The van der Waals surface area contributed by atoms with Crippen molar-refractivity contribution in [3.63, 3.8) is 0 Å². The van der Waals surface area contributed by atoms with E-state index < -0.39 is 0 Å². The second kappa shape index (κ2) is 4.76. The monoisotopic (exact) mass is 272 g/mol. The van der Waals surface area contributed by atoms with Gasteiger partial charge in [0.05, 0.1) is 6.07 Å². The molecule has 0 aliphatic heterocycles. The number of nitrogens with one attached hydrogen (secondary N) is 1. The molecule has 0 aromatic heterocycles. The summed E-state index contributed by atoms with van der Waals surface area (Å²) in [6.07, 6.45) is 10.0. The highest BCUT2D eigenvalue weighted by molar-refractivity contribution is 5.83. The SMILES string of the molecule is N#CC(NC(=O)C1C2C3CCC(C3)C12)C1CCCCC1. The van der Waals surface area contributed by atoms with Gasteiger partial charge in [0.2, 0.25) is 5.91 Å². The molecule has 4 aliphatic carbocycles. The average molecular weight is 272 g/mol. The van der Waals surface area contributed by atoms with Gasteiger partial charge in [0.15, 0.2) is 0 Å². The number of nitriles is 1. The molecule has 20 heavy (non-hydrogen) atoms. The zero-order valence-electron chi connectivity index (χ0n) is 12.1. The Morgan fingerprint density at radius 2 is 1.70 bits per heavy atom. The Bertz CT molecular complexity index is 432. The second-order valence-electron chi connectivity index (χ2n) is 7.53. The van der Waals surface area contributed by atoms with Gasteiger partial charge in [0.25, 0.3) is 0 Å². The minimum atomic E-state index is -0.234. The fourth-order valence-corrected chi connectivity index (χ4v) is 5.65. The Morgan fingerprint density at radius 1 is 1.05 bits per heavy atom. The third-order valence-electron chi connectivity index (χ3n) is 6.60. The fraction of sp³-hybridized carbons (Fsp3) is 0.882. The third-order valence-corrected chi connectivity index (χ3v) is 6.60. The lowest BCUT2D eigenvalue weighted by atomic mass is 9.84. The predicted molar refractivity (Wildman–Crippen MR) is 75.4 cm³/mol. The van der Waals surface area contributed by atoms with Gasteiger partial charge in [-0.3, -0.25) is 4.79 Å².